The van der Waals surface area contributed by atoms with Gasteiger partial charge in [-0.15, -0.1) is 0 Å². The molecule has 3 unspecified atom stereocenters. The van der Waals surface area contributed by atoms with E-state index < -0.39 is 39.9 Å². The summed E-state index contributed by atoms with van der Waals surface area (Å²) in [6.07, 6.45) is -3.42. The summed E-state index contributed by atoms with van der Waals surface area (Å²) in [5, 5.41) is 15.4. The number of anilines is 1. The second-order valence-electron chi connectivity index (χ2n) is 11.1. The lowest BCUT2D eigenvalue weighted by molar-refractivity contribution is -0.384. The van der Waals surface area contributed by atoms with Gasteiger partial charge in [0.25, 0.3) is 5.69 Å². The molecule has 10 heteroatoms. The van der Waals surface area contributed by atoms with Crippen LogP contribution in [0.25, 0.3) is 10.8 Å². The second kappa shape index (κ2) is 9.22. The lowest BCUT2D eigenvalue weighted by Gasteiger charge is -2.37. The number of benzene rings is 4. The third-order valence-corrected chi connectivity index (χ3v) is 9.17. The Morgan fingerprint density at radius 2 is 1.69 bits per heavy atom. The third-order valence-electron chi connectivity index (χ3n) is 9.17. The van der Waals surface area contributed by atoms with Gasteiger partial charge in [-0.2, -0.15) is 13.2 Å². The van der Waals surface area contributed by atoms with Crippen molar-refractivity contribution in [1.29, 1.82) is 0 Å². The van der Waals surface area contributed by atoms with Gasteiger partial charge in [-0.05, 0) is 41.8 Å². The first-order chi connectivity index (χ1) is 20.1. The Morgan fingerprint density at radius 1 is 0.976 bits per heavy atom. The number of Topliss-reactive ketones (excluding diaryl/α,β-unsaturated/α-hetero) is 1. The number of carbonyl (C=O) groups is 2. The molecule has 4 atom stereocenters. The van der Waals surface area contributed by atoms with Gasteiger partial charge in [-0.3, -0.25) is 24.6 Å². The molecular weight excluding hydrogens is 547 g/mol. The zero-order valence-corrected chi connectivity index (χ0v) is 22.1. The number of hydrogen-bond acceptors (Lipinski definition) is 5. The molecule has 7 rings (SSSR count). The van der Waals surface area contributed by atoms with Crippen molar-refractivity contribution in [3.63, 3.8) is 0 Å². The number of halogens is 3. The Kier molecular flexibility index (Phi) is 5.78. The van der Waals surface area contributed by atoms with Crippen LogP contribution in [0.4, 0.5) is 24.5 Å². The predicted octanol–water partition coefficient (Wildman–Crippen LogP) is 6.68. The van der Waals surface area contributed by atoms with E-state index in [1.807, 2.05) is 35.2 Å². The minimum absolute atomic E-state index is 0.120. The summed E-state index contributed by atoms with van der Waals surface area (Å²) < 4.78 is 42.5. The first-order valence-electron chi connectivity index (χ1n) is 13.7. The van der Waals surface area contributed by atoms with Crippen LogP contribution >= 0.6 is 0 Å². The minimum Gasteiger partial charge on any atom is -0.323 e. The van der Waals surface area contributed by atoms with Crippen molar-refractivity contribution < 1.29 is 27.7 Å². The molecule has 3 aliphatic heterocycles. The van der Waals surface area contributed by atoms with Crippen molar-refractivity contribution >= 4 is 33.8 Å². The van der Waals surface area contributed by atoms with Crippen LogP contribution in [-0.4, -0.2) is 34.1 Å². The average molecular weight is 572 g/mol. The van der Waals surface area contributed by atoms with E-state index in [4.69, 9.17) is 0 Å². The Hall–Kier alpha value is -4.57. The maximum absolute atomic E-state index is 14.9. The zero-order valence-electron chi connectivity index (χ0n) is 22.1. The number of hydrogen-bond donors (Lipinski definition) is 1. The van der Waals surface area contributed by atoms with Gasteiger partial charge in [0.05, 0.1) is 22.1 Å². The molecule has 212 valence electrons. The molecule has 42 heavy (non-hydrogen) atoms. The van der Waals surface area contributed by atoms with Crippen LogP contribution in [-0.2, 0) is 16.5 Å². The summed E-state index contributed by atoms with van der Waals surface area (Å²) in [7, 11) is 0. The van der Waals surface area contributed by atoms with E-state index in [0.717, 1.165) is 11.5 Å². The SMILES string of the molecule is O=C(c1cccc2ccccc12)C1C(c2ccc([N+](=O)[O-])cc2)C2CCCN2[C@@]12C(=O)Nc1c(C(F)(F)F)cccc12. The van der Waals surface area contributed by atoms with Crippen LogP contribution in [0.15, 0.2) is 84.9 Å². The standard InChI is InChI=1S/C32H24F3N3O4/c33-32(34,35)24-11-4-10-23-28(24)36-30(40)31(23)27(29(39)22-9-3-7-18-6-1-2-8-21(18)22)26(25-12-5-17-37(25)31)19-13-15-20(16-14-19)38(41)42/h1-4,6-11,13-16,25-27H,5,12,17H2,(H,36,40)/t25?,26?,27?,31-/m1/s1. The monoisotopic (exact) mass is 571 g/mol. The van der Waals surface area contributed by atoms with Gasteiger partial charge >= 0.3 is 6.18 Å². The highest BCUT2D eigenvalue weighted by Gasteiger charge is 2.70. The highest BCUT2D eigenvalue weighted by molar-refractivity contribution is 6.16. The number of nitrogens with zero attached hydrogens (tertiary/aromatic N) is 2. The fourth-order valence-corrected chi connectivity index (χ4v) is 7.62. The number of ketones is 1. The maximum Gasteiger partial charge on any atom is 0.418 e. The summed E-state index contributed by atoms with van der Waals surface area (Å²) in [4.78, 5) is 41.9. The summed E-state index contributed by atoms with van der Waals surface area (Å²) in [5.74, 6) is -2.72. The number of amides is 1. The molecule has 4 aromatic carbocycles. The van der Waals surface area contributed by atoms with Crippen molar-refractivity contribution in [1.82, 2.24) is 4.90 Å². The van der Waals surface area contributed by atoms with Gasteiger partial charge in [-0.1, -0.05) is 66.7 Å². The molecule has 0 radical (unpaired) electrons. The van der Waals surface area contributed by atoms with Gasteiger partial charge in [0.15, 0.2) is 5.78 Å². The summed E-state index contributed by atoms with van der Waals surface area (Å²) in [6.45, 7) is 0.413. The number of nitro benzene ring substituents is 1. The number of nitro groups is 1. The van der Waals surface area contributed by atoms with Gasteiger partial charge in [-0.25, -0.2) is 0 Å². The van der Waals surface area contributed by atoms with Gasteiger partial charge < -0.3 is 5.32 Å². The van der Waals surface area contributed by atoms with E-state index in [1.54, 1.807) is 24.3 Å². The van der Waals surface area contributed by atoms with Gasteiger partial charge in [0.1, 0.15) is 5.54 Å². The lowest BCUT2D eigenvalue weighted by Crippen LogP contribution is -2.52. The maximum atomic E-state index is 14.9. The molecule has 0 bridgehead atoms. The third kappa shape index (κ3) is 3.57. The van der Waals surface area contributed by atoms with E-state index in [0.29, 0.717) is 35.9 Å². The van der Waals surface area contributed by atoms with Crippen molar-refractivity contribution in [2.45, 2.75) is 36.5 Å². The van der Waals surface area contributed by atoms with Crippen LogP contribution in [0.2, 0.25) is 0 Å². The fraction of sp³-hybridized carbons (Fsp3) is 0.250. The highest BCUT2D eigenvalue weighted by atomic mass is 19.4. The van der Waals surface area contributed by atoms with Crippen molar-refractivity contribution in [3.8, 4) is 0 Å². The Bertz CT molecular complexity index is 1780. The average Bonchev–Trinajstić information content (AvgIpc) is 3.64. The van der Waals surface area contributed by atoms with Crippen molar-refractivity contribution in [2.24, 2.45) is 5.92 Å². The molecule has 4 aromatic rings. The van der Waals surface area contributed by atoms with E-state index in [9.17, 15) is 32.9 Å². The molecule has 1 amide bonds. The fourth-order valence-electron chi connectivity index (χ4n) is 7.62. The quantitative estimate of drug-likeness (QED) is 0.168. The number of non-ortho nitro benzene ring substituents is 1. The smallest absolute Gasteiger partial charge is 0.323 e. The highest BCUT2D eigenvalue weighted by Crippen LogP contribution is 2.62. The van der Waals surface area contributed by atoms with Crippen molar-refractivity contribution in [2.75, 3.05) is 11.9 Å². The molecule has 3 heterocycles. The Morgan fingerprint density at radius 3 is 2.43 bits per heavy atom. The summed E-state index contributed by atoms with van der Waals surface area (Å²) >= 11 is 0. The van der Waals surface area contributed by atoms with Gasteiger partial charge in [0, 0.05) is 35.2 Å². The second-order valence-corrected chi connectivity index (χ2v) is 11.1. The molecule has 2 fully saturated rings. The largest absolute Gasteiger partial charge is 0.418 e. The number of carbonyl (C=O) groups excluding carboxylic acids is 2. The van der Waals surface area contributed by atoms with E-state index in [-0.39, 0.29) is 28.8 Å². The first-order valence-corrected chi connectivity index (χ1v) is 13.7. The molecular formula is C32H24F3N3O4. The number of para-hydroxylation sites is 1. The molecule has 7 nitrogen and oxygen atoms in total. The zero-order chi connectivity index (χ0) is 29.4. The first kappa shape index (κ1) is 26.3. The molecule has 1 N–H and O–H groups in total. The number of rotatable bonds is 4. The van der Waals surface area contributed by atoms with E-state index in [2.05, 4.69) is 5.32 Å². The lowest BCUT2D eigenvalue weighted by atomic mass is 9.68. The van der Waals surface area contributed by atoms with Crippen LogP contribution in [0.3, 0.4) is 0 Å². The number of nitrogens with one attached hydrogen (secondary N) is 1. The molecule has 1 spiro atoms. The number of alkyl halides is 3. The van der Waals surface area contributed by atoms with E-state index in [1.165, 1.54) is 24.3 Å². The minimum atomic E-state index is -4.72. The van der Waals surface area contributed by atoms with Gasteiger partial charge in [0.2, 0.25) is 5.91 Å². The topological polar surface area (TPSA) is 92.5 Å². The predicted molar refractivity (Wildman–Crippen MR) is 149 cm³/mol. The summed E-state index contributed by atoms with van der Waals surface area (Å²) in [6, 6.07) is 22.0. The van der Waals surface area contributed by atoms with E-state index >= 15 is 0 Å². The molecule has 0 aromatic heterocycles. The van der Waals surface area contributed by atoms with Crippen LogP contribution in [0.1, 0.15) is 45.8 Å². The molecule has 2 saturated heterocycles. The normalized spacial score (nSPS) is 25.0. The summed E-state index contributed by atoms with van der Waals surface area (Å²) in [5.41, 5.74) is -1.96. The molecule has 0 aliphatic carbocycles. The molecule has 0 saturated carbocycles. The molecule has 3 aliphatic rings. The Labute approximate surface area is 238 Å². The van der Waals surface area contributed by atoms with Crippen LogP contribution in [0.5, 0.6) is 0 Å². The van der Waals surface area contributed by atoms with Crippen LogP contribution in [0, 0.1) is 16.0 Å². The van der Waals surface area contributed by atoms with Crippen molar-refractivity contribution in [3.05, 3.63) is 117 Å². The number of fused-ring (bicyclic) bond motifs is 5. The Balaban J connectivity index is 1.51. The van der Waals surface area contributed by atoms with Crippen LogP contribution < -0.4 is 5.32 Å².